The number of rotatable bonds is 6. The van der Waals surface area contributed by atoms with Crippen molar-refractivity contribution in [3.8, 4) is 16.9 Å². The number of anilines is 2. The normalized spacial score (nSPS) is 13.2. The molecule has 2 N–H and O–H groups in total. The monoisotopic (exact) mass is 505 g/mol. The van der Waals surface area contributed by atoms with E-state index in [1.54, 1.807) is 24.3 Å². The summed E-state index contributed by atoms with van der Waals surface area (Å²) in [6.45, 7) is 1.52. The molecule has 1 aliphatic carbocycles. The van der Waals surface area contributed by atoms with E-state index in [1.165, 1.54) is 30.3 Å². The fourth-order valence-electron chi connectivity index (χ4n) is 4.38. The number of aromatic nitrogens is 4. The van der Waals surface area contributed by atoms with Crippen molar-refractivity contribution in [2.45, 2.75) is 32.4 Å². The number of benzene rings is 2. The predicted molar refractivity (Wildman–Crippen MR) is 133 cm³/mol. The number of carbonyl (C=O) groups is 1. The van der Waals surface area contributed by atoms with Crippen molar-refractivity contribution in [3.63, 3.8) is 0 Å². The Hall–Kier alpha value is -4.47. The lowest BCUT2D eigenvalue weighted by atomic mass is 10.0. The van der Waals surface area contributed by atoms with E-state index >= 15 is 0 Å². The zero-order valence-corrected chi connectivity index (χ0v) is 19.8. The average molecular weight is 506 g/mol. The standard InChI is InChI=1S/C27H22F3N5O2/c1-16-12-23(27(28,29)30)34-35(16)25-22(20-7-2-4-17(13-20)8-11-24(36)37)15-31-26(33-25)32-21-10-9-18-5-3-6-19(18)14-21/h2,4,7-15H,3,5-6H2,1H3,(H,36,37)(H,31,32,33). The maximum atomic E-state index is 13.4. The Morgan fingerprint density at radius 2 is 1.92 bits per heavy atom. The van der Waals surface area contributed by atoms with Gasteiger partial charge in [-0.2, -0.15) is 23.3 Å². The number of nitrogens with one attached hydrogen (secondary N) is 1. The van der Waals surface area contributed by atoms with Gasteiger partial charge in [-0.05, 0) is 78.8 Å². The maximum absolute atomic E-state index is 13.4. The molecule has 0 radical (unpaired) electrons. The van der Waals surface area contributed by atoms with Gasteiger partial charge in [-0.15, -0.1) is 0 Å². The molecule has 5 rings (SSSR count). The number of hydrogen-bond donors (Lipinski definition) is 2. The molecule has 0 amide bonds. The Bertz CT molecular complexity index is 1520. The second kappa shape index (κ2) is 9.53. The van der Waals surface area contributed by atoms with Gasteiger partial charge in [0.2, 0.25) is 5.95 Å². The molecular weight excluding hydrogens is 483 g/mol. The van der Waals surface area contributed by atoms with Gasteiger partial charge in [-0.1, -0.05) is 24.3 Å². The van der Waals surface area contributed by atoms with E-state index in [0.29, 0.717) is 16.7 Å². The molecule has 0 bridgehead atoms. The highest BCUT2D eigenvalue weighted by atomic mass is 19.4. The summed E-state index contributed by atoms with van der Waals surface area (Å²) in [7, 11) is 0. The van der Waals surface area contributed by atoms with Crippen LogP contribution in [0, 0.1) is 6.92 Å². The van der Waals surface area contributed by atoms with Gasteiger partial charge in [0.15, 0.2) is 11.5 Å². The van der Waals surface area contributed by atoms with Gasteiger partial charge >= 0.3 is 12.1 Å². The third-order valence-corrected chi connectivity index (χ3v) is 6.12. The SMILES string of the molecule is Cc1cc(C(F)(F)F)nn1-c1nc(Nc2ccc3c(c2)CCC3)ncc1-c1cccc(C=CC(=O)O)c1. The molecule has 0 unspecified atom stereocenters. The minimum atomic E-state index is -4.61. The summed E-state index contributed by atoms with van der Waals surface area (Å²) in [6.07, 6.45) is 2.49. The molecule has 4 aromatic rings. The molecule has 2 heterocycles. The molecular formula is C27H22F3N5O2. The van der Waals surface area contributed by atoms with Crippen LogP contribution < -0.4 is 5.32 Å². The van der Waals surface area contributed by atoms with Gasteiger partial charge in [-0.3, -0.25) is 0 Å². The third-order valence-electron chi connectivity index (χ3n) is 6.12. The summed E-state index contributed by atoms with van der Waals surface area (Å²) in [6, 6.07) is 13.9. The van der Waals surface area contributed by atoms with Crippen molar-refractivity contribution in [2.75, 3.05) is 5.32 Å². The van der Waals surface area contributed by atoms with Crippen LogP contribution in [0.4, 0.5) is 24.8 Å². The Labute approximate surface area is 210 Å². The number of halogens is 3. The van der Waals surface area contributed by atoms with Crippen LogP contribution in [0.25, 0.3) is 23.0 Å². The average Bonchev–Trinajstić information content (AvgIpc) is 3.49. The Morgan fingerprint density at radius 1 is 1.11 bits per heavy atom. The summed E-state index contributed by atoms with van der Waals surface area (Å²) in [4.78, 5) is 19.9. The minimum Gasteiger partial charge on any atom is -0.478 e. The van der Waals surface area contributed by atoms with E-state index in [0.717, 1.165) is 41.8 Å². The van der Waals surface area contributed by atoms with Crippen LogP contribution in [0.2, 0.25) is 0 Å². The number of aliphatic carboxylic acids is 1. The fourth-order valence-corrected chi connectivity index (χ4v) is 4.38. The second-order valence-corrected chi connectivity index (χ2v) is 8.77. The molecule has 0 spiro atoms. The Balaban J connectivity index is 1.60. The van der Waals surface area contributed by atoms with Crippen LogP contribution in [0.15, 0.2) is 60.8 Å². The lowest BCUT2D eigenvalue weighted by Gasteiger charge is -2.14. The number of hydrogen-bond acceptors (Lipinski definition) is 5. The van der Waals surface area contributed by atoms with Crippen molar-refractivity contribution in [1.82, 2.24) is 19.7 Å². The highest BCUT2D eigenvalue weighted by molar-refractivity contribution is 5.86. The van der Waals surface area contributed by atoms with Crippen molar-refractivity contribution >= 4 is 23.7 Å². The first-order valence-corrected chi connectivity index (χ1v) is 11.6. The molecule has 188 valence electrons. The first-order chi connectivity index (χ1) is 17.7. The lowest BCUT2D eigenvalue weighted by molar-refractivity contribution is -0.141. The van der Waals surface area contributed by atoms with Crippen LogP contribution in [0.5, 0.6) is 0 Å². The molecule has 7 nitrogen and oxygen atoms in total. The molecule has 10 heteroatoms. The van der Waals surface area contributed by atoms with E-state index in [-0.39, 0.29) is 17.5 Å². The highest BCUT2D eigenvalue weighted by Crippen LogP contribution is 2.33. The van der Waals surface area contributed by atoms with Crippen molar-refractivity contribution < 1.29 is 23.1 Å². The molecule has 37 heavy (non-hydrogen) atoms. The summed E-state index contributed by atoms with van der Waals surface area (Å²) in [5.41, 5.74) is 4.20. The maximum Gasteiger partial charge on any atom is 0.435 e. The Morgan fingerprint density at radius 3 is 2.68 bits per heavy atom. The van der Waals surface area contributed by atoms with Gasteiger partial charge in [0.05, 0.1) is 0 Å². The van der Waals surface area contributed by atoms with E-state index < -0.39 is 17.8 Å². The molecule has 2 aromatic heterocycles. The molecule has 0 atom stereocenters. The van der Waals surface area contributed by atoms with Gasteiger partial charge in [0, 0.05) is 29.2 Å². The van der Waals surface area contributed by atoms with Crippen LogP contribution in [0.3, 0.4) is 0 Å². The smallest absolute Gasteiger partial charge is 0.435 e. The van der Waals surface area contributed by atoms with Crippen LogP contribution in [0.1, 0.15) is 34.5 Å². The molecule has 1 aliphatic rings. The highest BCUT2D eigenvalue weighted by Gasteiger charge is 2.35. The van der Waals surface area contributed by atoms with Crippen LogP contribution in [-0.2, 0) is 23.8 Å². The van der Waals surface area contributed by atoms with Crippen molar-refractivity contribution in [1.29, 1.82) is 0 Å². The lowest BCUT2D eigenvalue weighted by Crippen LogP contribution is -2.10. The number of aryl methyl sites for hydroxylation is 3. The first-order valence-electron chi connectivity index (χ1n) is 11.6. The topological polar surface area (TPSA) is 92.9 Å². The van der Waals surface area contributed by atoms with E-state index in [9.17, 15) is 18.0 Å². The number of fused-ring (bicyclic) bond motifs is 1. The van der Waals surface area contributed by atoms with E-state index in [1.807, 2.05) is 12.1 Å². The van der Waals surface area contributed by atoms with Crippen LogP contribution >= 0.6 is 0 Å². The van der Waals surface area contributed by atoms with E-state index in [2.05, 4.69) is 26.4 Å². The first kappa shape index (κ1) is 24.2. The molecule has 0 aliphatic heterocycles. The van der Waals surface area contributed by atoms with Gasteiger partial charge in [-0.25, -0.2) is 14.5 Å². The molecule has 0 saturated heterocycles. The summed E-state index contributed by atoms with van der Waals surface area (Å²) in [5, 5.41) is 15.9. The van der Waals surface area contributed by atoms with Gasteiger partial charge in [0.25, 0.3) is 0 Å². The predicted octanol–water partition coefficient (Wildman–Crippen LogP) is 5.99. The third kappa shape index (κ3) is 5.23. The molecule has 0 fully saturated rings. The fraction of sp³-hybridized carbons (Fsp3) is 0.185. The van der Waals surface area contributed by atoms with Crippen molar-refractivity contribution in [2.24, 2.45) is 0 Å². The second-order valence-electron chi connectivity index (χ2n) is 8.77. The minimum absolute atomic E-state index is 0.158. The molecule has 0 saturated carbocycles. The van der Waals surface area contributed by atoms with Gasteiger partial charge in [0.1, 0.15) is 0 Å². The van der Waals surface area contributed by atoms with Crippen LogP contribution in [-0.4, -0.2) is 30.8 Å². The Kier molecular flexibility index (Phi) is 6.24. The molecule has 2 aromatic carbocycles. The van der Waals surface area contributed by atoms with Gasteiger partial charge < -0.3 is 10.4 Å². The van der Waals surface area contributed by atoms with Crippen molar-refractivity contribution in [3.05, 3.63) is 88.9 Å². The largest absolute Gasteiger partial charge is 0.478 e. The number of carboxylic acid groups (broad SMARTS) is 1. The number of carboxylic acids is 1. The summed E-state index contributed by atoms with van der Waals surface area (Å²) < 4.78 is 41.4. The number of nitrogens with zero attached hydrogens (tertiary/aromatic N) is 4. The zero-order chi connectivity index (χ0) is 26.2. The quantitative estimate of drug-likeness (QED) is 0.313. The summed E-state index contributed by atoms with van der Waals surface area (Å²) in [5.74, 6) is -0.726. The number of alkyl halides is 3. The zero-order valence-electron chi connectivity index (χ0n) is 19.8. The van der Waals surface area contributed by atoms with E-state index in [4.69, 9.17) is 5.11 Å². The summed E-state index contributed by atoms with van der Waals surface area (Å²) >= 11 is 0.